The summed E-state index contributed by atoms with van der Waals surface area (Å²) in [4.78, 5) is 0. The highest BCUT2D eigenvalue weighted by atomic mass is 79.9. The molecule has 1 rings (SSSR count). The van der Waals surface area contributed by atoms with E-state index in [0.29, 0.717) is 22.4 Å². The van der Waals surface area contributed by atoms with Gasteiger partial charge < -0.3 is 9.47 Å². The van der Waals surface area contributed by atoms with Crippen LogP contribution >= 0.6 is 15.9 Å². The Labute approximate surface area is 84.8 Å². The second-order valence-electron chi connectivity index (χ2n) is 2.43. The van der Waals surface area contributed by atoms with E-state index in [1.807, 2.05) is 0 Å². The van der Waals surface area contributed by atoms with Crippen molar-refractivity contribution in [2.24, 2.45) is 0 Å². The Hall–Kier alpha value is -0.770. The number of hydrogen-bond acceptors (Lipinski definition) is 2. The summed E-state index contributed by atoms with van der Waals surface area (Å²) in [6.45, 7) is 0. The van der Waals surface area contributed by atoms with E-state index in [-0.39, 0.29) is 5.82 Å². The Morgan fingerprint density at radius 2 is 1.77 bits per heavy atom. The fourth-order valence-corrected chi connectivity index (χ4v) is 1.43. The van der Waals surface area contributed by atoms with Crippen molar-refractivity contribution in [2.75, 3.05) is 14.2 Å². The first-order valence-electron chi connectivity index (χ1n) is 3.69. The van der Waals surface area contributed by atoms with Crippen LogP contribution in [-0.4, -0.2) is 14.2 Å². The van der Waals surface area contributed by atoms with E-state index in [4.69, 9.17) is 9.47 Å². The first kappa shape index (κ1) is 10.3. The number of benzene rings is 1. The van der Waals surface area contributed by atoms with Gasteiger partial charge in [0.15, 0.2) is 11.5 Å². The smallest absolute Gasteiger partial charge is 0.163 e. The van der Waals surface area contributed by atoms with Gasteiger partial charge >= 0.3 is 0 Å². The molecular formula is C9H10BrFO2. The van der Waals surface area contributed by atoms with E-state index in [1.54, 1.807) is 6.07 Å². The van der Waals surface area contributed by atoms with Gasteiger partial charge in [-0.3, -0.25) is 0 Å². The molecule has 0 bridgehead atoms. The van der Waals surface area contributed by atoms with Gasteiger partial charge in [-0.2, -0.15) is 0 Å². The fourth-order valence-electron chi connectivity index (χ4n) is 0.999. The minimum Gasteiger partial charge on any atom is -0.493 e. The lowest BCUT2D eigenvalue weighted by molar-refractivity contribution is 0.352. The number of hydrogen-bond donors (Lipinski definition) is 0. The molecule has 1 aromatic carbocycles. The molecule has 0 saturated carbocycles. The maximum atomic E-state index is 13.2. The monoisotopic (exact) mass is 247 g/mol. The lowest BCUT2D eigenvalue weighted by atomic mass is 10.2. The summed E-state index contributed by atoms with van der Waals surface area (Å²) in [5, 5.41) is 0.458. The highest BCUT2D eigenvalue weighted by molar-refractivity contribution is 9.08. The summed E-state index contributed by atoms with van der Waals surface area (Å²) in [6.07, 6.45) is 0. The van der Waals surface area contributed by atoms with E-state index in [9.17, 15) is 4.39 Å². The first-order chi connectivity index (χ1) is 6.22. The van der Waals surface area contributed by atoms with Gasteiger partial charge in [0.1, 0.15) is 5.82 Å². The number of methoxy groups -OCH3 is 2. The molecule has 0 aliphatic carbocycles. The third kappa shape index (κ3) is 2.12. The largest absolute Gasteiger partial charge is 0.493 e. The summed E-state index contributed by atoms with van der Waals surface area (Å²) in [7, 11) is 3.00. The normalized spacial score (nSPS) is 9.85. The molecule has 0 aliphatic rings. The minimum atomic E-state index is -0.297. The predicted molar refractivity (Wildman–Crippen MR) is 52.1 cm³/mol. The molecule has 0 atom stereocenters. The standard InChI is InChI=1S/C9H10BrFO2/c1-12-8-3-6(5-10)7(11)4-9(8)13-2/h3-4H,5H2,1-2H3/i11-1. The van der Waals surface area contributed by atoms with Gasteiger partial charge in [-0.25, -0.2) is 4.39 Å². The van der Waals surface area contributed by atoms with Crippen molar-refractivity contribution in [1.82, 2.24) is 0 Å². The van der Waals surface area contributed by atoms with Crippen LogP contribution in [0.1, 0.15) is 5.56 Å². The molecule has 0 saturated heterocycles. The molecule has 2 nitrogen and oxygen atoms in total. The summed E-state index contributed by atoms with van der Waals surface area (Å²) in [5.41, 5.74) is 0.553. The van der Waals surface area contributed by atoms with E-state index in [0.717, 1.165) is 0 Å². The van der Waals surface area contributed by atoms with Crippen molar-refractivity contribution in [3.05, 3.63) is 23.5 Å². The van der Waals surface area contributed by atoms with Gasteiger partial charge in [0, 0.05) is 17.0 Å². The van der Waals surface area contributed by atoms with Crippen LogP contribution in [0, 0.1) is 5.82 Å². The van der Waals surface area contributed by atoms with Crippen LogP contribution in [0.25, 0.3) is 0 Å². The number of rotatable bonds is 3. The van der Waals surface area contributed by atoms with Crippen molar-refractivity contribution in [2.45, 2.75) is 5.33 Å². The summed E-state index contributed by atoms with van der Waals surface area (Å²) in [5.74, 6) is 0.651. The molecule has 0 N–H and O–H groups in total. The Morgan fingerprint density at radius 3 is 2.23 bits per heavy atom. The number of ether oxygens (including phenoxy) is 2. The van der Waals surface area contributed by atoms with Crippen molar-refractivity contribution in [3.63, 3.8) is 0 Å². The molecule has 0 aliphatic heterocycles. The van der Waals surface area contributed by atoms with Gasteiger partial charge in [0.2, 0.25) is 0 Å². The second kappa shape index (κ2) is 4.46. The second-order valence-corrected chi connectivity index (χ2v) is 2.99. The molecule has 0 unspecified atom stereocenters. The van der Waals surface area contributed by atoms with Crippen LogP contribution in [0.15, 0.2) is 12.1 Å². The quantitative estimate of drug-likeness (QED) is 0.765. The van der Waals surface area contributed by atoms with Crippen LogP contribution in [0.3, 0.4) is 0 Å². The minimum absolute atomic E-state index is 0.297. The van der Waals surface area contributed by atoms with E-state index in [2.05, 4.69) is 15.9 Å². The lowest BCUT2D eigenvalue weighted by Gasteiger charge is -2.09. The van der Waals surface area contributed by atoms with Gasteiger partial charge in [-0.05, 0) is 6.07 Å². The maximum Gasteiger partial charge on any atom is 0.163 e. The Balaban J connectivity index is 3.18. The first-order valence-corrected chi connectivity index (χ1v) is 4.81. The molecule has 1 aromatic rings. The highest BCUT2D eigenvalue weighted by Gasteiger charge is 2.09. The molecule has 0 aromatic heterocycles. The van der Waals surface area contributed by atoms with Crippen LogP contribution in [0.5, 0.6) is 11.5 Å². The topological polar surface area (TPSA) is 18.5 Å². The van der Waals surface area contributed by atoms with Crippen molar-refractivity contribution >= 4 is 15.9 Å². The SMILES string of the molecule is COc1cc([18F])c(CBr)cc1OC. The van der Waals surface area contributed by atoms with Gasteiger partial charge in [0.05, 0.1) is 14.2 Å². The van der Waals surface area contributed by atoms with Crippen molar-refractivity contribution < 1.29 is 13.9 Å². The van der Waals surface area contributed by atoms with Gasteiger partial charge in [0.25, 0.3) is 0 Å². The van der Waals surface area contributed by atoms with Gasteiger partial charge in [-0.1, -0.05) is 15.9 Å². The van der Waals surface area contributed by atoms with Gasteiger partial charge in [-0.15, -0.1) is 0 Å². The molecule has 0 spiro atoms. The number of halogens is 2. The zero-order chi connectivity index (χ0) is 9.84. The summed E-state index contributed by atoms with van der Waals surface area (Å²) in [6, 6.07) is 2.93. The van der Waals surface area contributed by atoms with Crippen LogP contribution in [-0.2, 0) is 5.33 Å². The highest BCUT2D eigenvalue weighted by Crippen LogP contribution is 2.30. The predicted octanol–water partition coefficient (Wildman–Crippen LogP) is 2.74. The molecule has 0 amide bonds. The average Bonchev–Trinajstić information content (AvgIpc) is 2.17. The van der Waals surface area contributed by atoms with E-state index < -0.39 is 0 Å². The Bertz CT molecular complexity index is 302. The van der Waals surface area contributed by atoms with E-state index in [1.165, 1.54) is 20.3 Å². The van der Waals surface area contributed by atoms with Crippen LogP contribution < -0.4 is 9.47 Å². The molecule has 0 fully saturated rings. The van der Waals surface area contributed by atoms with Crippen molar-refractivity contribution in [1.29, 1.82) is 0 Å². The maximum absolute atomic E-state index is 13.2. The molecule has 13 heavy (non-hydrogen) atoms. The van der Waals surface area contributed by atoms with Crippen molar-refractivity contribution in [3.8, 4) is 11.5 Å². The van der Waals surface area contributed by atoms with Crippen LogP contribution in [0.4, 0.5) is 4.39 Å². The Kier molecular flexibility index (Phi) is 3.54. The third-order valence-electron chi connectivity index (χ3n) is 1.70. The molecule has 0 radical (unpaired) electrons. The van der Waals surface area contributed by atoms with E-state index >= 15 is 0 Å². The number of alkyl halides is 1. The fraction of sp³-hybridized carbons (Fsp3) is 0.333. The average molecular weight is 248 g/mol. The lowest BCUT2D eigenvalue weighted by Crippen LogP contribution is -1.94. The summed E-state index contributed by atoms with van der Waals surface area (Å²) >= 11 is 3.18. The molecule has 0 heterocycles. The Morgan fingerprint density at radius 1 is 1.23 bits per heavy atom. The van der Waals surface area contributed by atoms with Crippen LogP contribution in [0.2, 0.25) is 0 Å². The zero-order valence-corrected chi connectivity index (χ0v) is 9.02. The zero-order valence-electron chi connectivity index (χ0n) is 7.43. The summed E-state index contributed by atoms with van der Waals surface area (Å²) < 4.78 is 23.1. The molecular weight excluding hydrogens is 238 g/mol. The third-order valence-corrected chi connectivity index (χ3v) is 2.30. The molecule has 72 valence electrons. The molecule has 4 heteroatoms.